The van der Waals surface area contributed by atoms with Crippen molar-refractivity contribution >= 4 is 18.1 Å². The highest BCUT2D eigenvalue weighted by Crippen LogP contribution is 2.46. The molecule has 1 heterocycles. The molecular weight excluding hydrogens is 396 g/mol. The molecule has 4 nitrogen and oxygen atoms in total. The number of aryl methyl sites for hydroxylation is 2. The number of imidazole rings is 1. The highest BCUT2D eigenvalue weighted by Gasteiger charge is 2.37. The van der Waals surface area contributed by atoms with Gasteiger partial charge >= 0.3 is 5.97 Å². The molecule has 0 radical (unpaired) electrons. The smallest absolute Gasteiger partial charge is 0.335 e. The van der Waals surface area contributed by atoms with E-state index in [0.717, 1.165) is 18.5 Å². The Kier molecular flexibility index (Phi) is 5.81. The van der Waals surface area contributed by atoms with Crippen LogP contribution in [0.2, 0.25) is 0 Å². The van der Waals surface area contributed by atoms with Gasteiger partial charge in [0.05, 0.1) is 11.9 Å². The molecule has 32 heavy (non-hydrogen) atoms. The Hall–Kier alpha value is -3.14. The van der Waals surface area contributed by atoms with Crippen molar-refractivity contribution in [3.63, 3.8) is 0 Å². The van der Waals surface area contributed by atoms with E-state index in [4.69, 9.17) is 5.11 Å². The molecule has 4 rings (SSSR count). The lowest BCUT2D eigenvalue weighted by Crippen LogP contribution is -2.34. The molecule has 4 heteroatoms. The van der Waals surface area contributed by atoms with Gasteiger partial charge in [-0.25, -0.2) is 9.78 Å². The second-order valence-corrected chi connectivity index (χ2v) is 10.2. The normalized spacial score (nSPS) is 16.8. The van der Waals surface area contributed by atoms with Crippen LogP contribution in [0.15, 0.2) is 55.1 Å². The first-order valence-corrected chi connectivity index (χ1v) is 11.3. The van der Waals surface area contributed by atoms with Crippen molar-refractivity contribution in [1.82, 2.24) is 9.55 Å². The fraction of sp³-hybridized carbons (Fsp3) is 0.357. The van der Waals surface area contributed by atoms with Crippen molar-refractivity contribution < 1.29 is 9.90 Å². The number of fused-ring (bicyclic) bond motifs is 1. The Morgan fingerprint density at radius 3 is 2.28 bits per heavy atom. The summed E-state index contributed by atoms with van der Waals surface area (Å²) >= 11 is 0. The van der Waals surface area contributed by atoms with Gasteiger partial charge < -0.3 is 9.67 Å². The number of carboxylic acid groups (broad SMARTS) is 1. The minimum atomic E-state index is -0.901. The van der Waals surface area contributed by atoms with Gasteiger partial charge in [-0.3, -0.25) is 0 Å². The van der Waals surface area contributed by atoms with Crippen LogP contribution in [0.1, 0.15) is 78.7 Å². The summed E-state index contributed by atoms with van der Waals surface area (Å²) in [6, 6.07) is 11.8. The maximum atomic E-state index is 11.1. The molecule has 166 valence electrons. The van der Waals surface area contributed by atoms with Crippen molar-refractivity contribution in [2.45, 2.75) is 64.3 Å². The van der Waals surface area contributed by atoms with Crippen LogP contribution in [0, 0.1) is 0 Å². The van der Waals surface area contributed by atoms with Crippen molar-refractivity contribution in [2.75, 3.05) is 0 Å². The standard InChI is InChI=1S/C28H32N2O2/c1-27(2)12-13-28(3,4)25-18-23(11-15-30-16-14-29-19-30)22(17-24(25)27)10-7-20-5-8-21(9-6-20)26(31)32/h5-10,14,16-19H,11-13,15H2,1-4H3,(H,31,32). The minimum Gasteiger partial charge on any atom is -0.478 e. The monoisotopic (exact) mass is 428 g/mol. The van der Waals surface area contributed by atoms with Crippen LogP contribution in [0.4, 0.5) is 0 Å². The van der Waals surface area contributed by atoms with Crippen LogP contribution in [-0.4, -0.2) is 20.6 Å². The number of aromatic nitrogens is 2. The second kappa shape index (κ2) is 8.42. The van der Waals surface area contributed by atoms with E-state index in [2.05, 4.69) is 61.5 Å². The third kappa shape index (κ3) is 4.55. The van der Waals surface area contributed by atoms with Crippen molar-refractivity contribution in [1.29, 1.82) is 0 Å². The van der Waals surface area contributed by atoms with Crippen LogP contribution in [-0.2, 0) is 23.8 Å². The molecule has 0 fully saturated rings. The summed E-state index contributed by atoms with van der Waals surface area (Å²) in [4.78, 5) is 15.3. The van der Waals surface area contributed by atoms with Gasteiger partial charge in [0.25, 0.3) is 0 Å². The van der Waals surface area contributed by atoms with Crippen LogP contribution in [0.25, 0.3) is 12.2 Å². The lowest BCUT2D eigenvalue weighted by molar-refractivity contribution is 0.0697. The van der Waals surface area contributed by atoms with Crippen LogP contribution < -0.4 is 0 Å². The molecule has 0 saturated carbocycles. The SMILES string of the molecule is CC1(C)CCC(C)(C)c2cc(CCn3ccnc3)c(C=Cc3ccc(C(=O)O)cc3)cc21. The van der Waals surface area contributed by atoms with E-state index in [0.29, 0.717) is 5.56 Å². The van der Waals surface area contributed by atoms with Gasteiger partial charge in [-0.1, -0.05) is 64.1 Å². The number of hydrogen-bond donors (Lipinski definition) is 1. The van der Waals surface area contributed by atoms with Gasteiger partial charge in [-0.05, 0) is 70.0 Å². The Morgan fingerprint density at radius 1 is 1.03 bits per heavy atom. The zero-order valence-electron chi connectivity index (χ0n) is 19.4. The highest BCUT2D eigenvalue weighted by atomic mass is 16.4. The number of carboxylic acids is 1. The molecule has 1 aliphatic rings. The summed E-state index contributed by atoms with van der Waals surface area (Å²) in [5.74, 6) is -0.901. The molecule has 1 N–H and O–H groups in total. The molecule has 0 amide bonds. The molecule has 1 aromatic heterocycles. The number of nitrogens with zero attached hydrogens (tertiary/aromatic N) is 2. The zero-order valence-corrected chi connectivity index (χ0v) is 19.4. The van der Waals surface area contributed by atoms with Gasteiger partial charge in [0.1, 0.15) is 0 Å². The number of hydrogen-bond acceptors (Lipinski definition) is 2. The lowest BCUT2D eigenvalue weighted by atomic mass is 9.62. The lowest BCUT2D eigenvalue weighted by Gasteiger charge is -2.42. The van der Waals surface area contributed by atoms with Crippen LogP contribution in [0.5, 0.6) is 0 Å². The fourth-order valence-corrected chi connectivity index (χ4v) is 4.64. The average molecular weight is 429 g/mol. The average Bonchev–Trinajstić information content (AvgIpc) is 3.28. The zero-order chi connectivity index (χ0) is 22.9. The fourth-order valence-electron chi connectivity index (χ4n) is 4.64. The first kappa shape index (κ1) is 22.1. The summed E-state index contributed by atoms with van der Waals surface area (Å²) in [7, 11) is 0. The largest absolute Gasteiger partial charge is 0.478 e. The van der Waals surface area contributed by atoms with E-state index >= 15 is 0 Å². The van der Waals surface area contributed by atoms with Gasteiger partial charge in [0.2, 0.25) is 0 Å². The van der Waals surface area contributed by atoms with Crippen molar-refractivity contribution in [3.8, 4) is 0 Å². The molecule has 0 unspecified atom stereocenters. The first-order chi connectivity index (χ1) is 15.2. The maximum absolute atomic E-state index is 11.1. The Balaban J connectivity index is 1.73. The van der Waals surface area contributed by atoms with Crippen LogP contribution in [0.3, 0.4) is 0 Å². The van der Waals surface area contributed by atoms with Crippen LogP contribution >= 0.6 is 0 Å². The van der Waals surface area contributed by atoms with Gasteiger partial charge in [-0.15, -0.1) is 0 Å². The van der Waals surface area contributed by atoms with E-state index in [1.165, 1.54) is 35.1 Å². The van der Waals surface area contributed by atoms with E-state index in [9.17, 15) is 4.79 Å². The summed E-state index contributed by atoms with van der Waals surface area (Å²) in [5, 5.41) is 9.14. The number of carbonyl (C=O) groups is 1. The Labute approximate surface area is 190 Å². The molecule has 1 aliphatic carbocycles. The van der Waals surface area contributed by atoms with E-state index < -0.39 is 5.97 Å². The van der Waals surface area contributed by atoms with Gasteiger partial charge in [0, 0.05) is 18.9 Å². The first-order valence-electron chi connectivity index (χ1n) is 11.3. The molecule has 0 atom stereocenters. The molecule has 3 aromatic rings. The topological polar surface area (TPSA) is 55.1 Å². The third-order valence-corrected chi connectivity index (χ3v) is 6.92. The van der Waals surface area contributed by atoms with Crippen molar-refractivity contribution in [3.05, 3.63) is 88.5 Å². The predicted molar refractivity (Wildman–Crippen MR) is 130 cm³/mol. The van der Waals surface area contributed by atoms with Gasteiger partial charge in [0.15, 0.2) is 0 Å². The minimum absolute atomic E-state index is 0.152. The Bertz CT molecular complexity index is 1140. The predicted octanol–water partition coefficient (Wildman–Crippen LogP) is 6.34. The van der Waals surface area contributed by atoms with Crippen molar-refractivity contribution in [2.24, 2.45) is 0 Å². The number of benzene rings is 2. The number of rotatable bonds is 6. The van der Waals surface area contributed by atoms with Gasteiger partial charge in [-0.2, -0.15) is 0 Å². The molecular formula is C28H32N2O2. The third-order valence-electron chi connectivity index (χ3n) is 6.92. The summed E-state index contributed by atoms with van der Waals surface area (Å²) in [6.07, 6.45) is 13.3. The molecule has 0 aliphatic heterocycles. The highest BCUT2D eigenvalue weighted by molar-refractivity contribution is 5.88. The molecule has 0 bridgehead atoms. The summed E-state index contributed by atoms with van der Waals surface area (Å²) in [5.41, 5.74) is 7.11. The summed E-state index contributed by atoms with van der Waals surface area (Å²) < 4.78 is 2.12. The van der Waals surface area contributed by atoms with E-state index in [-0.39, 0.29) is 10.8 Å². The molecule has 0 saturated heterocycles. The van der Waals surface area contributed by atoms with E-state index in [1.807, 2.05) is 30.9 Å². The number of aromatic carboxylic acids is 1. The van der Waals surface area contributed by atoms with E-state index in [1.54, 1.807) is 12.1 Å². The summed E-state index contributed by atoms with van der Waals surface area (Å²) in [6.45, 7) is 10.3. The quantitative estimate of drug-likeness (QED) is 0.466. The Morgan fingerprint density at radius 2 is 1.69 bits per heavy atom. The maximum Gasteiger partial charge on any atom is 0.335 e. The molecule has 0 spiro atoms. The second-order valence-electron chi connectivity index (χ2n) is 10.2. The molecule has 2 aromatic carbocycles.